The fourth-order valence-corrected chi connectivity index (χ4v) is 1.34. The summed E-state index contributed by atoms with van der Waals surface area (Å²) in [4.78, 5) is 11.8. The van der Waals surface area contributed by atoms with Crippen LogP contribution in [0, 0.1) is 17.5 Å². The molecule has 1 aromatic rings. The van der Waals surface area contributed by atoms with E-state index in [1.165, 1.54) is 4.90 Å². The molecule has 17 heavy (non-hydrogen) atoms. The summed E-state index contributed by atoms with van der Waals surface area (Å²) in [6, 6.07) is 1.26. The summed E-state index contributed by atoms with van der Waals surface area (Å²) >= 11 is 0. The number of aliphatic carboxylic acids is 1. The van der Waals surface area contributed by atoms with Crippen LogP contribution < -0.4 is 0 Å². The zero-order chi connectivity index (χ0) is 13.0. The number of carboxylic acid groups (broad SMARTS) is 1. The van der Waals surface area contributed by atoms with Gasteiger partial charge in [0.1, 0.15) is 5.82 Å². The van der Waals surface area contributed by atoms with Gasteiger partial charge in [0.25, 0.3) is 0 Å². The fraction of sp³-hybridized carbons (Fsp3) is 0.364. The van der Waals surface area contributed by atoms with Gasteiger partial charge in [0.2, 0.25) is 0 Å². The number of hydrogen-bond donors (Lipinski definition) is 1. The summed E-state index contributed by atoms with van der Waals surface area (Å²) < 4.78 is 38.8. The molecule has 0 heterocycles. The molecule has 0 saturated carbocycles. The minimum Gasteiger partial charge on any atom is -0.481 e. The number of benzene rings is 1. The highest BCUT2D eigenvalue weighted by atomic mass is 19.2. The van der Waals surface area contributed by atoms with Gasteiger partial charge in [-0.15, -0.1) is 0 Å². The lowest BCUT2D eigenvalue weighted by molar-refractivity contribution is -0.137. The van der Waals surface area contributed by atoms with Crippen molar-refractivity contribution in [2.75, 3.05) is 13.6 Å². The molecule has 94 valence electrons. The van der Waals surface area contributed by atoms with Gasteiger partial charge in [-0.3, -0.25) is 4.79 Å². The van der Waals surface area contributed by atoms with Crippen molar-refractivity contribution in [2.24, 2.45) is 0 Å². The Balaban J connectivity index is 2.68. The molecule has 0 atom stereocenters. The summed E-state index contributed by atoms with van der Waals surface area (Å²) in [5.41, 5.74) is -0.00297. The van der Waals surface area contributed by atoms with Crippen LogP contribution in [-0.4, -0.2) is 29.6 Å². The SMILES string of the molecule is CN(CCC(=O)O)Cc1cc(F)c(F)cc1F. The predicted octanol–water partition coefficient (Wildman–Crippen LogP) is 2.01. The smallest absolute Gasteiger partial charge is 0.304 e. The van der Waals surface area contributed by atoms with Gasteiger partial charge >= 0.3 is 5.97 Å². The predicted molar refractivity (Wildman–Crippen MR) is 54.9 cm³/mol. The molecule has 0 amide bonds. The van der Waals surface area contributed by atoms with Crippen LogP contribution in [0.5, 0.6) is 0 Å². The number of carbonyl (C=O) groups is 1. The van der Waals surface area contributed by atoms with Gasteiger partial charge in [-0.2, -0.15) is 0 Å². The van der Waals surface area contributed by atoms with Crippen LogP contribution in [-0.2, 0) is 11.3 Å². The van der Waals surface area contributed by atoms with Crippen molar-refractivity contribution in [2.45, 2.75) is 13.0 Å². The average molecular weight is 247 g/mol. The van der Waals surface area contributed by atoms with E-state index in [0.29, 0.717) is 6.07 Å². The van der Waals surface area contributed by atoms with Gasteiger partial charge in [-0.25, -0.2) is 13.2 Å². The van der Waals surface area contributed by atoms with Gasteiger partial charge in [0.05, 0.1) is 6.42 Å². The second-order valence-corrected chi connectivity index (χ2v) is 3.74. The van der Waals surface area contributed by atoms with E-state index in [9.17, 15) is 18.0 Å². The van der Waals surface area contributed by atoms with Gasteiger partial charge < -0.3 is 10.0 Å². The Morgan fingerprint density at radius 3 is 2.41 bits per heavy atom. The monoisotopic (exact) mass is 247 g/mol. The zero-order valence-corrected chi connectivity index (χ0v) is 9.21. The van der Waals surface area contributed by atoms with Crippen molar-refractivity contribution in [1.29, 1.82) is 0 Å². The molecule has 0 aliphatic carbocycles. The second-order valence-electron chi connectivity index (χ2n) is 3.74. The van der Waals surface area contributed by atoms with E-state index in [4.69, 9.17) is 5.11 Å². The average Bonchev–Trinajstić information content (AvgIpc) is 2.23. The van der Waals surface area contributed by atoms with Gasteiger partial charge in [0.15, 0.2) is 11.6 Å². The van der Waals surface area contributed by atoms with E-state index in [2.05, 4.69) is 0 Å². The molecule has 0 saturated heterocycles. The van der Waals surface area contributed by atoms with E-state index >= 15 is 0 Å². The lowest BCUT2D eigenvalue weighted by Crippen LogP contribution is -2.22. The Bertz CT molecular complexity index is 423. The van der Waals surface area contributed by atoms with Crippen LogP contribution in [0.2, 0.25) is 0 Å². The van der Waals surface area contributed by atoms with Crippen LogP contribution in [0.4, 0.5) is 13.2 Å². The van der Waals surface area contributed by atoms with Crippen LogP contribution in [0.1, 0.15) is 12.0 Å². The molecular weight excluding hydrogens is 235 g/mol. The Morgan fingerprint density at radius 1 is 1.24 bits per heavy atom. The first-order chi connectivity index (χ1) is 7.90. The molecule has 0 aliphatic heterocycles. The van der Waals surface area contributed by atoms with Crippen LogP contribution in [0.15, 0.2) is 12.1 Å². The maximum absolute atomic E-state index is 13.2. The van der Waals surface area contributed by atoms with Crippen molar-refractivity contribution in [3.8, 4) is 0 Å². The number of carboxylic acids is 1. The molecule has 1 rings (SSSR count). The topological polar surface area (TPSA) is 40.5 Å². The fourth-order valence-electron chi connectivity index (χ4n) is 1.34. The van der Waals surface area contributed by atoms with Gasteiger partial charge in [-0.05, 0) is 13.1 Å². The van der Waals surface area contributed by atoms with Gasteiger partial charge in [0, 0.05) is 24.7 Å². The first-order valence-corrected chi connectivity index (χ1v) is 4.94. The minimum absolute atomic E-state index is 0.00297. The molecule has 0 fully saturated rings. The molecule has 0 bridgehead atoms. The van der Waals surface area contributed by atoms with E-state index in [-0.39, 0.29) is 25.1 Å². The highest BCUT2D eigenvalue weighted by molar-refractivity contribution is 5.66. The third-order valence-corrected chi connectivity index (χ3v) is 2.24. The van der Waals surface area contributed by atoms with Crippen LogP contribution in [0.25, 0.3) is 0 Å². The third-order valence-electron chi connectivity index (χ3n) is 2.24. The van der Waals surface area contributed by atoms with Crippen molar-refractivity contribution in [3.05, 3.63) is 35.1 Å². The number of halogens is 3. The highest BCUT2D eigenvalue weighted by Crippen LogP contribution is 2.15. The number of nitrogens with zero attached hydrogens (tertiary/aromatic N) is 1. The molecule has 6 heteroatoms. The summed E-state index contributed by atoms with van der Waals surface area (Å²) in [7, 11) is 1.57. The Labute approximate surface area is 96.5 Å². The van der Waals surface area contributed by atoms with E-state index < -0.39 is 23.4 Å². The maximum Gasteiger partial charge on any atom is 0.304 e. The first kappa shape index (κ1) is 13.5. The molecule has 0 aliphatic rings. The molecule has 1 N–H and O–H groups in total. The first-order valence-electron chi connectivity index (χ1n) is 4.94. The molecule has 0 radical (unpaired) electrons. The third kappa shape index (κ3) is 4.07. The van der Waals surface area contributed by atoms with Crippen LogP contribution >= 0.6 is 0 Å². The van der Waals surface area contributed by atoms with Crippen molar-refractivity contribution in [3.63, 3.8) is 0 Å². The second kappa shape index (κ2) is 5.67. The van der Waals surface area contributed by atoms with E-state index in [1.54, 1.807) is 7.05 Å². The lowest BCUT2D eigenvalue weighted by atomic mass is 10.2. The molecular formula is C11H12F3NO2. The van der Waals surface area contributed by atoms with Crippen molar-refractivity contribution in [1.82, 2.24) is 4.90 Å². The Morgan fingerprint density at radius 2 is 1.82 bits per heavy atom. The standard InChI is InChI=1S/C11H12F3NO2/c1-15(3-2-11(16)17)6-7-4-9(13)10(14)5-8(7)12/h4-5H,2-3,6H2,1H3,(H,16,17). The molecule has 1 aromatic carbocycles. The number of hydrogen-bond acceptors (Lipinski definition) is 2. The Kier molecular flexibility index (Phi) is 4.51. The van der Waals surface area contributed by atoms with Gasteiger partial charge in [-0.1, -0.05) is 0 Å². The molecule has 0 aromatic heterocycles. The van der Waals surface area contributed by atoms with Crippen molar-refractivity contribution < 1.29 is 23.1 Å². The van der Waals surface area contributed by atoms with E-state index in [0.717, 1.165) is 6.07 Å². The molecule has 0 spiro atoms. The van der Waals surface area contributed by atoms with Crippen LogP contribution in [0.3, 0.4) is 0 Å². The molecule has 3 nitrogen and oxygen atoms in total. The summed E-state index contributed by atoms with van der Waals surface area (Å²) in [5, 5.41) is 8.45. The highest BCUT2D eigenvalue weighted by Gasteiger charge is 2.12. The molecule has 0 unspecified atom stereocenters. The van der Waals surface area contributed by atoms with Crippen molar-refractivity contribution >= 4 is 5.97 Å². The summed E-state index contributed by atoms with van der Waals surface area (Å²) in [5.74, 6) is -4.17. The lowest BCUT2D eigenvalue weighted by Gasteiger charge is -2.16. The summed E-state index contributed by atoms with van der Waals surface area (Å²) in [6.07, 6.45) is -0.0954. The largest absolute Gasteiger partial charge is 0.481 e. The zero-order valence-electron chi connectivity index (χ0n) is 9.21. The Hall–Kier alpha value is -1.56. The maximum atomic E-state index is 13.2. The normalized spacial score (nSPS) is 10.9. The summed E-state index contributed by atoms with van der Waals surface area (Å²) in [6.45, 7) is 0.226. The quantitative estimate of drug-likeness (QED) is 0.809. The minimum atomic E-state index is -1.24. The number of rotatable bonds is 5. The van der Waals surface area contributed by atoms with E-state index in [1.807, 2.05) is 0 Å².